The maximum atomic E-state index is 5.60. The van der Waals surface area contributed by atoms with Gasteiger partial charge in [0, 0.05) is 12.6 Å². The lowest BCUT2D eigenvalue weighted by Crippen LogP contribution is -2.17. The molecule has 0 unspecified atom stereocenters. The third-order valence-electron chi connectivity index (χ3n) is 3.59. The number of aryl methyl sites for hydroxylation is 1. The van der Waals surface area contributed by atoms with E-state index in [9.17, 15) is 0 Å². The summed E-state index contributed by atoms with van der Waals surface area (Å²) in [6.45, 7) is 8.07. The molecular weight excluding hydrogens is 258 g/mol. The van der Waals surface area contributed by atoms with Gasteiger partial charge in [-0.2, -0.15) is 0 Å². The van der Waals surface area contributed by atoms with Crippen LogP contribution in [0.25, 0.3) is 0 Å². The zero-order valence-corrected chi connectivity index (χ0v) is 13.2. The van der Waals surface area contributed by atoms with Crippen LogP contribution >= 0.6 is 0 Å². The second kappa shape index (κ2) is 7.84. The topological polar surface area (TPSA) is 21.3 Å². The van der Waals surface area contributed by atoms with Crippen molar-refractivity contribution in [3.05, 3.63) is 65.2 Å². The Morgan fingerprint density at radius 2 is 1.67 bits per heavy atom. The highest BCUT2D eigenvalue weighted by atomic mass is 16.5. The fourth-order valence-electron chi connectivity index (χ4n) is 2.17. The first-order chi connectivity index (χ1) is 10.2. The van der Waals surface area contributed by atoms with Gasteiger partial charge in [-0.05, 0) is 43.5 Å². The van der Waals surface area contributed by atoms with Crippen molar-refractivity contribution in [2.45, 2.75) is 39.8 Å². The second-order valence-corrected chi connectivity index (χ2v) is 5.51. The number of hydrogen-bond acceptors (Lipinski definition) is 2. The molecule has 1 atom stereocenters. The number of hydrogen-bond donors (Lipinski definition) is 1. The lowest BCUT2D eigenvalue weighted by Gasteiger charge is -2.15. The van der Waals surface area contributed by atoms with Crippen molar-refractivity contribution < 1.29 is 4.74 Å². The Bertz CT molecular complexity index is 530. The Hall–Kier alpha value is -1.80. The van der Waals surface area contributed by atoms with E-state index >= 15 is 0 Å². The molecule has 0 bridgehead atoms. The minimum absolute atomic E-state index is 0.349. The molecule has 0 spiro atoms. The van der Waals surface area contributed by atoms with Crippen molar-refractivity contribution in [1.29, 1.82) is 0 Å². The van der Waals surface area contributed by atoms with E-state index in [0.29, 0.717) is 6.04 Å². The van der Waals surface area contributed by atoms with Gasteiger partial charge in [0.05, 0.1) is 6.61 Å². The van der Waals surface area contributed by atoms with Gasteiger partial charge in [-0.25, -0.2) is 0 Å². The molecule has 2 heteroatoms. The Morgan fingerprint density at radius 1 is 1.00 bits per heavy atom. The van der Waals surface area contributed by atoms with Gasteiger partial charge in [-0.1, -0.05) is 48.9 Å². The van der Waals surface area contributed by atoms with Gasteiger partial charge >= 0.3 is 0 Å². The first kappa shape index (κ1) is 15.6. The van der Waals surface area contributed by atoms with Crippen LogP contribution in [-0.2, 0) is 6.54 Å². The predicted molar refractivity (Wildman–Crippen MR) is 88.7 cm³/mol. The maximum absolute atomic E-state index is 5.60. The molecule has 0 heterocycles. The minimum atomic E-state index is 0.349. The summed E-state index contributed by atoms with van der Waals surface area (Å²) < 4.78 is 5.60. The lowest BCUT2D eigenvalue weighted by molar-refractivity contribution is 0.317. The average molecular weight is 283 g/mol. The molecule has 0 saturated heterocycles. The maximum Gasteiger partial charge on any atom is 0.119 e. The van der Waals surface area contributed by atoms with Crippen LogP contribution in [0.4, 0.5) is 0 Å². The van der Waals surface area contributed by atoms with Gasteiger partial charge in [0.25, 0.3) is 0 Å². The highest BCUT2D eigenvalue weighted by molar-refractivity contribution is 5.28. The standard InChI is InChI=1S/C19H25NO/c1-4-13-21-19-11-7-17(8-12-19)14-20-16(3)18-9-5-15(2)6-10-18/h5-12,16,20H,4,13-14H2,1-3H3/t16-/m0/s1. The average Bonchev–Trinajstić information content (AvgIpc) is 2.52. The minimum Gasteiger partial charge on any atom is -0.494 e. The van der Waals surface area contributed by atoms with Crippen LogP contribution < -0.4 is 10.1 Å². The summed E-state index contributed by atoms with van der Waals surface area (Å²) in [5.41, 5.74) is 3.90. The van der Waals surface area contributed by atoms with Crippen molar-refractivity contribution in [3.8, 4) is 5.75 Å². The summed E-state index contributed by atoms with van der Waals surface area (Å²) in [4.78, 5) is 0. The highest BCUT2D eigenvalue weighted by Crippen LogP contribution is 2.16. The fraction of sp³-hybridized carbons (Fsp3) is 0.368. The highest BCUT2D eigenvalue weighted by Gasteiger charge is 2.04. The second-order valence-electron chi connectivity index (χ2n) is 5.51. The largest absolute Gasteiger partial charge is 0.494 e. The molecule has 2 rings (SSSR count). The van der Waals surface area contributed by atoms with Crippen LogP contribution in [0.15, 0.2) is 48.5 Å². The molecule has 112 valence electrons. The van der Waals surface area contributed by atoms with Gasteiger partial charge in [0.2, 0.25) is 0 Å². The van der Waals surface area contributed by atoms with E-state index in [1.165, 1.54) is 16.7 Å². The Kier molecular flexibility index (Phi) is 5.82. The van der Waals surface area contributed by atoms with E-state index in [2.05, 4.69) is 62.5 Å². The van der Waals surface area contributed by atoms with E-state index in [1.54, 1.807) is 0 Å². The predicted octanol–water partition coefficient (Wildman–Crippen LogP) is 4.63. The molecule has 0 aliphatic heterocycles. The summed E-state index contributed by atoms with van der Waals surface area (Å²) in [6, 6.07) is 17.4. The van der Waals surface area contributed by atoms with E-state index in [0.717, 1.165) is 25.3 Å². The number of rotatable bonds is 7. The van der Waals surface area contributed by atoms with E-state index in [1.807, 2.05) is 12.1 Å². The van der Waals surface area contributed by atoms with Crippen molar-refractivity contribution in [2.24, 2.45) is 0 Å². The molecule has 21 heavy (non-hydrogen) atoms. The smallest absolute Gasteiger partial charge is 0.119 e. The van der Waals surface area contributed by atoms with Crippen molar-refractivity contribution in [3.63, 3.8) is 0 Å². The van der Waals surface area contributed by atoms with Crippen molar-refractivity contribution in [1.82, 2.24) is 5.32 Å². The normalized spacial score (nSPS) is 12.1. The molecule has 2 aromatic rings. The van der Waals surface area contributed by atoms with Crippen molar-refractivity contribution in [2.75, 3.05) is 6.61 Å². The summed E-state index contributed by atoms with van der Waals surface area (Å²) in [6.07, 6.45) is 1.04. The summed E-state index contributed by atoms with van der Waals surface area (Å²) in [5.74, 6) is 0.951. The molecule has 0 amide bonds. The fourth-order valence-corrected chi connectivity index (χ4v) is 2.17. The molecule has 2 aromatic carbocycles. The van der Waals surface area contributed by atoms with Crippen LogP contribution in [0, 0.1) is 6.92 Å². The zero-order chi connectivity index (χ0) is 15.1. The van der Waals surface area contributed by atoms with Crippen LogP contribution in [0.2, 0.25) is 0 Å². The van der Waals surface area contributed by atoms with Gasteiger partial charge in [0.15, 0.2) is 0 Å². The van der Waals surface area contributed by atoms with E-state index < -0.39 is 0 Å². The molecule has 0 aromatic heterocycles. The van der Waals surface area contributed by atoms with Gasteiger partial charge in [-0.3, -0.25) is 0 Å². The summed E-state index contributed by atoms with van der Waals surface area (Å²) in [7, 11) is 0. The molecule has 1 N–H and O–H groups in total. The summed E-state index contributed by atoms with van der Waals surface area (Å²) in [5, 5.41) is 3.56. The molecule has 0 fully saturated rings. The van der Waals surface area contributed by atoms with Crippen LogP contribution in [-0.4, -0.2) is 6.61 Å². The molecule has 2 nitrogen and oxygen atoms in total. The van der Waals surface area contributed by atoms with Gasteiger partial charge in [-0.15, -0.1) is 0 Å². The molecular formula is C19H25NO. The number of ether oxygens (including phenoxy) is 1. The van der Waals surface area contributed by atoms with Crippen LogP contribution in [0.3, 0.4) is 0 Å². The third kappa shape index (κ3) is 4.91. The Balaban J connectivity index is 1.86. The van der Waals surface area contributed by atoms with E-state index in [4.69, 9.17) is 4.74 Å². The zero-order valence-electron chi connectivity index (χ0n) is 13.2. The third-order valence-corrected chi connectivity index (χ3v) is 3.59. The quantitative estimate of drug-likeness (QED) is 0.799. The van der Waals surface area contributed by atoms with Crippen molar-refractivity contribution >= 4 is 0 Å². The number of nitrogens with one attached hydrogen (secondary N) is 1. The monoisotopic (exact) mass is 283 g/mol. The van der Waals surface area contributed by atoms with Gasteiger partial charge in [0.1, 0.15) is 5.75 Å². The number of benzene rings is 2. The Labute approximate surface area is 128 Å². The molecule has 0 radical (unpaired) electrons. The molecule has 0 saturated carbocycles. The first-order valence-electron chi connectivity index (χ1n) is 7.70. The summed E-state index contributed by atoms with van der Waals surface area (Å²) >= 11 is 0. The van der Waals surface area contributed by atoms with E-state index in [-0.39, 0.29) is 0 Å². The SMILES string of the molecule is CCCOc1ccc(CN[C@@H](C)c2ccc(C)cc2)cc1. The van der Waals surface area contributed by atoms with Crippen LogP contribution in [0.1, 0.15) is 43.0 Å². The van der Waals surface area contributed by atoms with Crippen LogP contribution in [0.5, 0.6) is 5.75 Å². The Morgan fingerprint density at radius 3 is 2.29 bits per heavy atom. The lowest BCUT2D eigenvalue weighted by atomic mass is 10.1. The first-order valence-corrected chi connectivity index (χ1v) is 7.70. The molecule has 0 aliphatic carbocycles. The van der Waals surface area contributed by atoms with Gasteiger partial charge < -0.3 is 10.1 Å². The molecule has 0 aliphatic rings.